The van der Waals surface area contributed by atoms with E-state index in [1.807, 2.05) is 70.2 Å². The van der Waals surface area contributed by atoms with E-state index in [1.165, 1.54) is 0 Å². The third kappa shape index (κ3) is 3.78. The highest BCUT2D eigenvalue weighted by Gasteiger charge is 2.40. The van der Waals surface area contributed by atoms with Crippen molar-refractivity contribution in [3.05, 3.63) is 97.8 Å². The highest BCUT2D eigenvalue weighted by molar-refractivity contribution is 7.13. The number of thiazole rings is 1. The molecule has 1 aliphatic heterocycles. The lowest BCUT2D eigenvalue weighted by atomic mass is 9.77. The Morgan fingerprint density at radius 3 is 2.57 bits per heavy atom. The standard InChI is InChI=1S/C31H28N2O3S/c1-16(2)36-31(35)26-18(4)32-17(3)25(30-33-23-14-7-8-15-24(23)37-30)28(26)21-12-9-13-22-27(21)19-10-5-6-11-20(19)29(22)34/h5-6,8-13,15-16,28,32H,7,14H2,1-4H3. The Morgan fingerprint density at radius 1 is 1.05 bits per heavy atom. The van der Waals surface area contributed by atoms with Gasteiger partial charge in [-0.3, -0.25) is 4.79 Å². The first-order valence-electron chi connectivity index (χ1n) is 12.7. The zero-order valence-electron chi connectivity index (χ0n) is 21.3. The maximum Gasteiger partial charge on any atom is 0.337 e. The molecule has 6 heteroatoms. The molecule has 186 valence electrons. The number of dihydropyridines is 1. The van der Waals surface area contributed by atoms with Crippen LogP contribution in [0.4, 0.5) is 0 Å². The van der Waals surface area contributed by atoms with Crippen molar-refractivity contribution in [1.82, 2.24) is 10.3 Å². The Morgan fingerprint density at radius 2 is 1.81 bits per heavy atom. The molecule has 2 aliphatic carbocycles. The minimum Gasteiger partial charge on any atom is -0.460 e. The van der Waals surface area contributed by atoms with Crippen LogP contribution in [0.15, 0.2) is 65.5 Å². The van der Waals surface area contributed by atoms with Gasteiger partial charge in [0.25, 0.3) is 0 Å². The van der Waals surface area contributed by atoms with Crippen molar-refractivity contribution in [2.24, 2.45) is 0 Å². The Bertz CT molecular complexity index is 1570. The second-order valence-corrected chi connectivity index (χ2v) is 11.0. The van der Waals surface area contributed by atoms with Crippen LogP contribution in [0.3, 0.4) is 0 Å². The number of carbonyl (C=O) groups excluding carboxylic acids is 2. The normalized spacial score (nSPS) is 18.1. The first-order chi connectivity index (χ1) is 17.8. The summed E-state index contributed by atoms with van der Waals surface area (Å²) < 4.78 is 5.77. The monoisotopic (exact) mass is 508 g/mol. The molecule has 3 aromatic rings. The largest absolute Gasteiger partial charge is 0.460 e. The SMILES string of the molecule is CC1=C(C(=O)OC(C)C)C(c2cccc3c2-c2ccccc2C3=O)C(c2nc3c(s2)C=CCC3)=C(C)N1. The highest BCUT2D eigenvalue weighted by atomic mass is 32.1. The van der Waals surface area contributed by atoms with Crippen molar-refractivity contribution in [2.75, 3.05) is 0 Å². The Kier molecular flexibility index (Phi) is 5.72. The minimum absolute atomic E-state index is 0.0190. The molecule has 0 amide bonds. The van der Waals surface area contributed by atoms with Gasteiger partial charge in [-0.2, -0.15) is 0 Å². The number of benzene rings is 2. The number of carbonyl (C=O) groups is 2. The van der Waals surface area contributed by atoms with E-state index in [1.54, 1.807) is 11.3 Å². The summed E-state index contributed by atoms with van der Waals surface area (Å²) in [7, 11) is 0. The van der Waals surface area contributed by atoms with Gasteiger partial charge >= 0.3 is 5.97 Å². The quantitative estimate of drug-likeness (QED) is 0.312. The Hall–Kier alpha value is -3.77. The van der Waals surface area contributed by atoms with Gasteiger partial charge in [0.15, 0.2) is 5.78 Å². The molecule has 3 aliphatic rings. The third-order valence-corrected chi connectivity index (χ3v) is 8.29. The summed E-state index contributed by atoms with van der Waals surface area (Å²) >= 11 is 1.65. The number of rotatable bonds is 4. The number of fused-ring (bicyclic) bond motifs is 4. The fourth-order valence-corrected chi connectivity index (χ4v) is 6.85. The molecule has 1 unspecified atom stereocenters. The van der Waals surface area contributed by atoms with Crippen LogP contribution in [0, 0.1) is 0 Å². The maximum absolute atomic E-state index is 13.7. The van der Waals surface area contributed by atoms with Gasteiger partial charge in [0.05, 0.1) is 22.2 Å². The van der Waals surface area contributed by atoms with Gasteiger partial charge in [-0.15, -0.1) is 11.3 Å². The number of ketones is 1. The van der Waals surface area contributed by atoms with Gasteiger partial charge in [0, 0.05) is 34.0 Å². The average Bonchev–Trinajstić information content (AvgIpc) is 3.42. The summed E-state index contributed by atoms with van der Waals surface area (Å²) in [6, 6.07) is 13.6. The predicted octanol–water partition coefficient (Wildman–Crippen LogP) is 6.66. The van der Waals surface area contributed by atoms with E-state index in [0.29, 0.717) is 16.7 Å². The zero-order chi connectivity index (χ0) is 25.8. The summed E-state index contributed by atoms with van der Waals surface area (Å²) in [5.74, 6) is -0.769. The van der Waals surface area contributed by atoms with Crippen molar-refractivity contribution in [1.29, 1.82) is 0 Å². The van der Waals surface area contributed by atoms with Crippen LogP contribution < -0.4 is 5.32 Å². The highest BCUT2D eigenvalue weighted by Crippen LogP contribution is 2.50. The van der Waals surface area contributed by atoms with Crippen LogP contribution in [0.1, 0.15) is 77.1 Å². The van der Waals surface area contributed by atoms with E-state index in [0.717, 1.165) is 62.1 Å². The molecule has 2 aromatic carbocycles. The fraction of sp³-hybridized carbons (Fsp3) is 0.258. The number of esters is 1. The molecule has 1 atom stereocenters. The second-order valence-electron chi connectivity index (χ2n) is 10.0. The van der Waals surface area contributed by atoms with Gasteiger partial charge in [0.2, 0.25) is 0 Å². The fourth-order valence-electron chi connectivity index (χ4n) is 5.68. The molecule has 0 fully saturated rings. The van der Waals surface area contributed by atoms with Gasteiger partial charge in [-0.05, 0) is 63.3 Å². The Labute approximate surface area is 220 Å². The second kappa shape index (κ2) is 8.96. The number of aromatic nitrogens is 1. The zero-order valence-corrected chi connectivity index (χ0v) is 22.2. The van der Waals surface area contributed by atoms with Crippen molar-refractivity contribution in [3.63, 3.8) is 0 Å². The molecule has 1 N–H and O–H groups in total. The van der Waals surface area contributed by atoms with Crippen LogP contribution in [0.25, 0.3) is 22.8 Å². The van der Waals surface area contributed by atoms with E-state index in [4.69, 9.17) is 9.72 Å². The average molecular weight is 509 g/mol. The number of hydrogen-bond acceptors (Lipinski definition) is 6. The molecule has 2 heterocycles. The number of aryl methyl sites for hydroxylation is 1. The van der Waals surface area contributed by atoms with Crippen LogP contribution in [0.5, 0.6) is 0 Å². The van der Waals surface area contributed by atoms with Crippen molar-refractivity contribution < 1.29 is 14.3 Å². The van der Waals surface area contributed by atoms with Crippen molar-refractivity contribution in [2.45, 2.75) is 52.6 Å². The lowest BCUT2D eigenvalue weighted by molar-refractivity contribution is -0.142. The number of allylic oxidation sites excluding steroid dienone is 4. The molecule has 0 radical (unpaired) electrons. The molecule has 0 spiro atoms. The van der Waals surface area contributed by atoms with Gasteiger partial charge < -0.3 is 10.1 Å². The topological polar surface area (TPSA) is 68.3 Å². The molecule has 37 heavy (non-hydrogen) atoms. The van der Waals surface area contributed by atoms with E-state index in [-0.39, 0.29) is 17.9 Å². The molecule has 0 saturated carbocycles. The number of hydrogen-bond donors (Lipinski definition) is 1. The molecule has 1 aromatic heterocycles. The Balaban J connectivity index is 1.61. The first-order valence-corrected chi connectivity index (χ1v) is 13.5. The van der Waals surface area contributed by atoms with Crippen molar-refractivity contribution >= 4 is 34.7 Å². The summed E-state index contributed by atoms with van der Waals surface area (Å²) in [5, 5.41) is 4.34. The third-order valence-electron chi connectivity index (χ3n) is 7.19. The van der Waals surface area contributed by atoms with Crippen LogP contribution >= 0.6 is 11.3 Å². The molecule has 6 rings (SSSR count). The van der Waals surface area contributed by atoms with E-state index in [2.05, 4.69) is 17.5 Å². The summed E-state index contributed by atoms with van der Waals surface area (Å²) in [6.45, 7) is 7.67. The summed E-state index contributed by atoms with van der Waals surface area (Å²) in [6.07, 6.45) is 5.96. The van der Waals surface area contributed by atoms with Gasteiger partial charge in [0.1, 0.15) is 5.01 Å². The lowest BCUT2D eigenvalue weighted by Crippen LogP contribution is -2.29. The van der Waals surface area contributed by atoms with Crippen LogP contribution in [0.2, 0.25) is 0 Å². The molecule has 5 nitrogen and oxygen atoms in total. The van der Waals surface area contributed by atoms with Crippen LogP contribution in [-0.4, -0.2) is 22.8 Å². The van der Waals surface area contributed by atoms with Gasteiger partial charge in [-0.1, -0.05) is 48.5 Å². The molecule has 0 saturated heterocycles. The molecular weight excluding hydrogens is 480 g/mol. The molecule has 0 bridgehead atoms. The van der Waals surface area contributed by atoms with Crippen molar-refractivity contribution in [3.8, 4) is 11.1 Å². The summed E-state index contributed by atoms with van der Waals surface area (Å²) in [5.41, 5.74) is 8.41. The molecular formula is C31H28N2O3S. The van der Waals surface area contributed by atoms with Gasteiger partial charge in [-0.25, -0.2) is 9.78 Å². The minimum atomic E-state index is -0.432. The van der Waals surface area contributed by atoms with E-state index in [9.17, 15) is 9.59 Å². The number of ether oxygens (including phenoxy) is 1. The smallest absolute Gasteiger partial charge is 0.337 e. The first kappa shape index (κ1) is 23.6. The maximum atomic E-state index is 13.7. The summed E-state index contributed by atoms with van der Waals surface area (Å²) in [4.78, 5) is 33.2. The van der Waals surface area contributed by atoms with E-state index >= 15 is 0 Å². The van der Waals surface area contributed by atoms with E-state index < -0.39 is 5.92 Å². The van der Waals surface area contributed by atoms with Crippen LogP contribution in [-0.2, 0) is 16.0 Å². The number of nitrogens with zero attached hydrogens (tertiary/aromatic N) is 1. The lowest BCUT2D eigenvalue weighted by Gasteiger charge is -2.32. The predicted molar refractivity (Wildman–Crippen MR) is 147 cm³/mol. The number of nitrogens with one attached hydrogen (secondary N) is 1.